The summed E-state index contributed by atoms with van der Waals surface area (Å²) in [6, 6.07) is 15.4. The van der Waals surface area contributed by atoms with Gasteiger partial charge in [-0.3, -0.25) is 4.79 Å². The quantitative estimate of drug-likeness (QED) is 0.490. The highest BCUT2D eigenvalue weighted by atomic mass is 32.2. The van der Waals surface area contributed by atoms with E-state index in [0.29, 0.717) is 13.1 Å². The molecule has 36 heavy (non-hydrogen) atoms. The van der Waals surface area contributed by atoms with Crippen LogP contribution in [0.2, 0.25) is 0 Å². The molecule has 2 aromatic rings. The zero-order chi connectivity index (χ0) is 25.8. The number of hydrogen-bond acceptors (Lipinski definition) is 6. The Morgan fingerprint density at radius 2 is 1.64 bits per heavy atom. The fourth-order valence-corrected chi connectivity index (χ4v) is 5.84. The van der Waals surface area contributed by atoms with Crippen molar-refractivity contribution in [1.82, 2.24) is 14.9 Å². The number of ether oxygens (including phenoxy) is 1. The van der Waals surface area contributed by atoms with Crippen LogP contribution in [-0.2, 0) is 26.0 Å². The van der Waals surface area contributed by atoms with E-state index in [9.17, 15) is 28.4 Å². The SMILES string of the molecule is N#CC(Cc1ccc(-c2ccc(S(=O)(=O)N3CCC3)cc2)cc1)NC(=O)C1(NC(=O)O)CCOCC1. The molecule has 1 unspecified atom stereocenters. The molecule has 2 aliphatic rings. The number of carbonyl (C=O) groups excluding carboxylic acids is 1. The van der Waals surface area contributed by atoms with Crippen LogP contribution < -0.4 is 10.6 Å². The average Bonchev–Trinajstić information content (AvgIpc) is 2.83. The molecule has 0 spiro atoms. The highest BCUT2D eigenvalue weighted by Crippen LogP contribution is 2.26. The van der Waals surface area contributed by atoms with E-state index in [1.54, 1.807) is 24.3 Å². The van der Waals surface area contributed by atoms with E-state index in [4.69, 9.17) is 4.74 Å². The van der Waals surface area contributed by atoms with Gasteiger partial charge in [-0.25, -0.2) is 13.2 Å². The summed E-state index contributed by atoms with van der Waals surface area (Å²) in [6.45, 7) is 1.61. The number of nitriles is 1. The summed E-state index contributed by atoms with van der Waals surface area (Å²) in [5, 5.41) is 23.8. The third-order valence-corrected chi connectivity index (χ3v) is 8.54. The lowest BCUT2D eigenvalue weighted by Gasteiger charge is -2.36. The molecule has 0 radical (unpaired) electrons. The number of carbonyl (C=O) groups is 2. The molecule has 11 heteroatoms. The molecule has 2 aliphatic heterocycles. The van der Waals surface area contributed by atoms with Crippen LogP contribution in [0.15, 0.2) is 53.4 Å². The number of carboxylic acid groups (broad SMARTS) is 1. The fraction of sp³-hybridized carbons (Fsp3) is 0.400. The number of hydrogen-bond donors (Lipinski definition) is 3. The largest absolute Gasteiger partial charge is 0.465 e. The maximum absolute atomic E-state index is 12.9. The molecule has 2 amide bonds. The molecule has 1 atom stereocenters. The average molecular weight is 513 g/mol. The highest BCUT2D eigenvalue weighted by molar-refractivity contribution is 7.89. The van der Waals surface area contributed by atoms with Gasteiger partial charge in [0.1, 0.15) is 11.6 Å². The maximum atomic E-state index is 12.9. The minimum atomic E-state index is -3.43. The van der Waals surface area contributed by atoms with Crippen LogP contribution in [0, 0.1) is 11.3 Å². The number of benzene rings is 2. The first kappa shape index (κ1) is 25.6. The normalized spacial score (nSPS) is 18.3. The molecule has 3 N–H and O–H groups in total. The summed E-state index contributed by atoms with van der Waals surface area (Å²) < 4.78 is 31.8. The van der Waals surface area contributed by atoms with Gasteiger partial charge in [0.05, 0.1) is 11.0 Å². The van der Waals surface area contributed by atoms with Crippen molar-refractivity contribution >= 4 is 22.0 Å². The maximum Gasteiger partial charge on any atom is 0.405 e. The predicted molar refractivity (Wildman–Crippen MR) is 130 cm³/mol. The molecular weight excluding hydrogens is 484 g/mol. The Morgan fingerprint density at radius 1 is 1.06 bits per heavy atom. The van der Waals surface area contributed by atoms with Crippen molar-refractivity contribution in [1.29, 1.82) is 5.26 Å². The minimum Gasteiger partial charge on any atom is -0.465 e. The van der Waals surface area contributed by atoms with Gasteiger partial charge in [0.15, 0.2) is 0 Å². The van der Waals surface area contributed by atoms with Crippen molar-refractivity contribution in [3.05, 3.63) is 54.1 Å². The van der Waals surface area contributed by atoms with Crippen LogP contribution in [0.4, 0.5) is 4.79 Å². The van der Waals surface area contributed by atoms with E-state index in [1.807, 2.05) is 24.3 Å². The van der Waals surface area contributed by atoms with Gasteiger partial charge in [-0.15, -0.1) is 0 Å². The van der Waals surface area contributed by atoms with Crippen LogP contribution in [0.3, 0.4) is 0 Å². The Bertz CT molecular complexity index is 1240. The van der Waals surface area contributed by atoms with Gasteiger partial charge in [-0.2, -0.15) is 9.57 Å². The number of sulfonamides is 1. The van der Waals surface area contributed by atoms with Gasteiger partial charge in [0.25, 0.3) is 0 Å². The van der Waals surface area contributed by atoms with Crippen LogP contribution in [-0.4, -0.2) is 67.7 Å². The monoisotopic (exact) mass is 512 g/mol. The van der Waals surface area contributed by atoms with Gasteiger partial charge in [-0.05, 0) is 35.2 Å². The molecule has 2 fully saturated rings. The van der Waals surface area contributed by atoms with E-state index in [1.165, 1.54) is 4.31 Å². The lowest BCUT2D eigenvalue weighted by atomic mass is 9.88. The van der Waals surface area contributed by atoms with E-state index in [2.05, 4.69) is 16.7 Å². The highest BCUT2D eigenvalue weighted by Gasteiger charge is 2.42. The molecule has 0 bridgehead atoms. The Labute approximate surface area is 209 Å². The van der Waals surface area contributed by atoms with Crippen LogP contribution >= 0.6 is 0 Å². The lowest BCUT2D eigenvalue weighted by molar-refractivity contribution is -0.131. The molecule has 190 valence electrons. The standard InChI is InChI=1S/C25H28N4O6S/c26-17-21(27-23(30)25(28-24(31)32)10-14-35-15-11-25)16-18-2-4-19(5-3-18)20-6-8-22(9-7-20)36(33,34)29-12-1-13-29/h2-9,21,28H,1,10-16H2,(H,27,30)(H,31,32). The van der Waals surface area contributed by atoms with E-state index in [-0.39, 0.29) is 37.4 Å². The lowest BCUT2D eigenvalue weighted by Crippen LogP contribution is -2.62. The Morgan fingerprint density at radius 3 is 2.14 bits per heavy atom. The Hall–Kier alpha value is -3.46. The molecule has 0 aromatic heterocycles. The zero-order valence-electron chi connectivity index (χ0n) is 19.6. The van der Waals surface area contributed by atoms with Crippen LogP contribution in [0.5, 0.6) is 0 Å². The van der Waals surface area contributed by atoms with Crippen molar-refractivity contribution in [2.45, 2.75) is 42.2 Å². The van der Waals surface area contributed by atoms with Gasteiger partial charge in [0.2, 0.25) is 15.9 Å². The smallest absolute Gasteiger partial charge is 0.405 e. The minimum absolute atomic E-state index is 0.191. The molecule has 0 aliphatic carbocycles. The van der Waals surface area contributed by atoms with Crippen molar-refractivity contribution in [3.63, 3.8) is 0 Å². The molecule has 0 saturated carbocycles. The molecule has 10 nitrogen and oxygen atoms in total. The van der Waals surface area contributed by atoms with Gasteiger partial charge < -0.3 is 20.5 Å². The molecular formula is C25H28N4O6S. The van der Waals surface area contributed by atoms with Gasteiger partial charge in [-0.1, -0.05) is 36.4 Å². The van der Waals surface area contributed by atoms with E-state index >= 15 is 0 Å². The topological polar surface area (TPSA) is 149 Å². The zero-order valence-corrected chi connectivity index (χ0v) is 20.5. The van der Waals surface area contributed by atoms with E-state index in [0.717, 1.165) is 23.1 Å². The van der Waals surface area contributed by atoms with Crippen LogP contribution in [0.25, 0.3) is 11.1 Å². The molecule has 2 aromatic carbocycles. The number of nitrogens with one attached hydrogen (secondary N) is 2. The third kappa shape index (κ3) is 5.51. The molecule has 2 saturated heterocycles. The van der Waals surface area contributed by atoms with Crippen LogP contribution in [0.1, 0.15) is 24.8 Å². The summed E-state index contributed by atoms with van der Waals surface area (Å²) >= 11 is 0. The first-order valence-corrected chi connectivity index (χ1v) is 13.2. The fourth-order valence-electron chi connectivity index (χ4n) is 4.32. The summed E-state index contributed by atoms with van der Waals surface area (Å²) in [5.74, 6) is -0.537. The first-order chi connectivity index (χ1) is 17.2. The van der Waals surface area contributed by atoms with Crippen molar-refractivity contribution in [3.8, 4) is 17.2 Å². The predicted octanol–water partition coefficient (Wildman–Crippen LogP) is 2.12. The summed E-state index contributed by atoms with van der Waals surface area (Å²) in [4.78, 5) is 24.5. The Kier molecular flexibility index (Phi) is 7.59. The second-order valence-electron chi connectivity index (χ2n) is 8.96. The van der Waals surface area contributed by atoms with Crippen molar-refractivity contribution in [2.75, 3.05) is 26.3 Å². The summed E-state index contributed by atoms with van der Waals surface area (Å²) in [6.07, 6.45) is 0.207. The third-order valence-electron chi connectivity index (χ3n) is 6.62. The number of rotatable bonds is 8. The molecule has 2 heterocycles. The Balaban J connectivity index is 1.41. The van der Waals surface area contributed by atoms with Gasteiger partial charge >= 0.3 is 6.09 Å². The number of nitrogens with zero attached hydrogens (tertiary/aromatic N) is 2. The molecule has 4 rings (SSSR count). The van der Waals surface area contributed by atoms with Crippen molar-refractivity contribution < 1.29 is 27.9 Å². The summed E-state index contributed by atoms with van der Waals surface area (Å²) in [7, 11) is -3.43. The first-order valence-electron chi connectivity index (χ1n) is 11.7. The number of amides is 2. The van der Waals surface area contributed by atoms with Gasteiger partial charge in [0, 0.05) is 45.6 Å². The van der Waals surface area contributed by atoms with E-state index < -0.39 is 33.6 Å². The second kappa shape index (κ2) is 10.7. The van der Waals surface area contributed by atoms with Crippen molar-refractivity contribution in [2.24, 2.45) is 0 Å². The summed E-state index contributed by atoms with van der Waals surface area (Å²) in [5.41, 5.74) is 1.24. The second-order valence-corrected chi connectivity index (χ2v) is 10.9.